The first-order valence-corrected chi connectivity index (χ1v) is 8.48. The van der Waals surface area contributed by atoms with Gasteiger partial charge in [-0.05, 0) is 40.8 Å². The Hall–Kier alpha value is -1.87. The first-order chi connectivity index (χ1) is 11.7. The summed E-state index contributed by atoms with van der Waals surface area (Å²) in [5.74, 6) is 3.23. The van der Waals surface area contributed by atoms with Crippen LogP contribution < -0.4 is 23.7 Å². The van der Waals surface area contributed by atoms with Gasteiger partial charge in [0.15, 0.2) is 17.6 Å². The van der Waals surface area contributed by atoms with Gasteiger partial charge in [-0.2, -0.15) is 0 Å². The Balaban J connectivity index is 1.71. The molecule has 126 valence electrons. The zero-order valence-electron chi connectivity index (χ0n) is 12.8. The minimum absolute atomic E-state index is 0.151. The van der Waals surface area contributed by atoms with E-state index < -0.39 is 12.2 Å². The summed E-state index contributed by atoms with van der Waals surface area (Å²) in [7, 11) is 1.60. The van der Waals surface area contributed by atoms with Crippen molar-refractivity contribution >= 4 is 22.6 Å². The minimum Gasteiger partial charge on any atom is -0.497 e. The van der Waals surface area contributed by atoms with Crippen molar-refractivity contribution in [3.63, 3.8) is 0 Å². The molecule has 1 N–H and O–H groups in total. The lowest BCUT2D eigenvalue weighted by molar-refractivity contribution is -0.0125. The lowest BCUT2D eigenvalue weighted by Gasteiger charge is -2.31. The fourth-order valence-electron chi connectivity index (χ4n) is 2.74. The molecule has 0 spiro atoms. The number of benzene rings is 2. The van der Waals surface area contributed by atoms with Gasteiger partial charge in [0.05, 0.1) is 10.7 Å². The summed E-state index contributed by atoms with van der Waals surface area (Å²) in [5, 5.41) is 10.4. The van der Waals surface area contributed by atoms with E-state index in [0.717, 1.165) is 9.13 Å². The van der Waals surface area contributed by atoms with E-state index in [-0.39, 0.29) is 13.4 Å². The van der Waals surface area contributed by atoms with Crippen molar-refractivity contribution in [2.24, 2.45) is 0 Å². The van der Waals surface area contributed by atoms with Crippen LogP contribution in [0.25, 0.3) is 0 Å². The maximum Gasteiger partial charge on any atom is 0.231 e. The van der Waals surface area contributed by atoms with E-state index in [0.29, 0.717) is 28.7 Å². The predicted octanol–water partition coefficient (Wildman–Crippen LogP) is 2.90. The van der Waals surface area contributed by atoms with Crippen molar-refractivity contribution in [2.45, 2.75) is 12.2 Å². The summed E-state index contributed by atoms with van der Waals surface area (Å²) in [4.78, 5) is 0. The molecular weight excluding hydrogens is 427 g/mol. The van der Waals surface area contributed by atoms with Crippen LogP contribution >= 0.6 is 22.6 Å². The Bertz CT molecular complexity index is 778. The number of aliphatic hydroxyl groups excluding tert-OH is 1. The summed E-state index contributed by atoms with van der Waals surface area (Å²) >= 11 is 2.19. The molecule has 6 nitrogen and oxygen atoms in total. The van der Waals surface area contributed by atoms with E-state index in [1.54, 1.807) is 25.3 Å². The molecule has 0 saturated heterocycles. The lowest BCUT2D eigenvalue weighted by Crippen LogP contribution is -2.34. The Morgan fingerprint density at radius 3 is 2.67 bits per heavy atom. The molecule has 2 aliphatic rings. The minimum atomic E-state index is -0.792. The molecule has 4 rings (SSSR count). The molecule has 0 amide bonds. The van der Waals surface area contributed by atoms with Crippen molar-refractivity contribution < 1.29 is 28.8 Å². The van der Waals surface area contributed by atoms with Gasteiger partial charge in [0.1, 0.15) is 30.0 Å². The second-order valence-electron chi connectivity index (χ2n) is 5.46. The number of rotatable bonds is 3. The first kappa shape index (κ1) is 15.6. The van der Waals surface area contributed by atoms with E-state index in [1.165, 1.54) is 0 Å². The molecular formula is C17H15IO6. The number of hydrogen-bond donors (Lipinski definition) is 1. The van der Waals surface area contributed by atoms with Crippen molar-refractivity contribution in [1.82, 2.24) is 0 Å². The summed E-state index contributed by atoms with van der Waals surface area (Å²) in [6, 6.07) is 9.15. The predicted molar refractivity (Wildman–Crippen MR) is 93.1 cm³/mol. The zero-order valence-corrected chi connectivity index (χ0v) is 15.0. The van der Waals surface area contributed by atoms with Gasteiger partial charge >= 0.3 is 0 Å². The molecule has 0 bridgehead atoms. The SMILES string of the molecule is COc1ccc(I)c(O[C@H]2c3cc4c(cc3OC[C@H]2O)OCO4)c1. The van der Waals surface area contributed by atoms with Gasteiger partial charge in [-0.3, -0.25) is 0 Å². The van der Waals surface area contributed by atoms with Crippen LogP contribution in [0.2, 0.25) is 0 Å². The third-order valence-electron chi connectivity index (χ3n) is 3.96. The van der Waals surface area contributed by atoms with Crippen molar-refractivity contribution in [3.8, 4) is 28.7 Å². The van der Waals surface area contributed by atoms with Crippen LogP contribution in [0.5, 0.6) is 28.7 Å². The normalized spacial score (nSPS) is 21.0. The molecule has 7 heteroatoms. The molecule has 2 heterocycles. The maximum absolute atomic E-state index is 10.4. The van der Waals surface area contributed by atoms with E-state index in [2.05, 4.69) is 22.6 Å². The Morgan fingerprint density at radius 2 is 1.88 bits per heavy atom. The quantitative estimate of drug-likeness (QED) is 0.738. The number of halogens is 1. The molecule has 2 atom stereocenters. The number of hydrogen-bond acceptors (Lipinski definition) is 6. The highest BCUT2D eigenvalue weighted by Crippen LogP contribution is 2.44. The third-order valence-corrected chi connectivity index (χ3v) is 4.85. The van der Waals surface area contributed by atoms with Gasteiger partial charge in [-0.25, -0.2) is 0 Å². The summed E-state index contributed by atoms with van der Waals surface area (Å²) in [6.07, 6.45) is -1.36. The number of methoxy groups -OCH3 is 1. The van der Waals surface area contributed by atoms with E-state index in [1.807, 2.05) is 12.1 Å². The van der Waals surface area contributed by atoms with Crippen LogP contribution in [-0.2, 0) is 0 Å². The summed E-state index contributed by atoms with van der Waals surface area (Å²) in [5.41, 5.74) is 0.733. The van der Waals surface area contributed by atoms with Crippen LogP contribution in [-0.4, -0.2) is 31.7 Å². The van der Waals surface area contributed by atoms with Crippen LogP contribution in [0, 0.1) is 3.57 Å². The van der Waals surface area contributed by atoms with Crippen LogP contribution in [0.15, 0.2) is 30.3 Å². The fraction of sp³-hybridized carbons (Fsp3) is 0.294. The first-order valence-electron chi connectivity index (χ1n) is 7.40. The van der Waals surface area contributed by atoms with Gasteiger partial charge < -0.3 is 28.8 Å². The van der Waals surface area contributed by atoms with Gasteiger partial charge in [0.25, 0.3) is 0 Å². The highest BCUT2D eigenvalue weighted by molar-refractivity contribution is 14.1. The van der Waals surface area contributed by atoms with Gasteiger partial charge in [0.2, 0.25) is 6.79 Å². The lowest BCUT2D eigenvalue weighted by atomic mass is 10.00. The molecule has 0 aliphatic carbocycles. The summed E-state index contributed by atoms with van der Waals surface area (Å²) in [6.45, 7) is 0.331. The van der Waals surface area contributed by atoms with Crippen LogP contribution in [0.4, 0.5) is 0 Å². The monoisotopic (exact) mass is 442 g/mol. The molecule has 0 saturated carbocycles. The Labute approximate surface area is 152 Å². The number of aliphatic hydroxyl groups is 1. The van der Waals surface area contributed by atoms with Gasteiger partial charge in [-0.1, -0.05) is 0 Å². The van der Waals surface area contributed by atoms with E-state index in [9.17, 15) is 5.11 Å². The fourth-order valence-corrected chi connectivity index (χ4v) is 3.20. The molecule has 2 aliphatic heterocycles. The topological polar surface area (TPSA) is 66.4 Å². The molecule has 0 unspecified atom stereocenters. The second-order valence-corrected chi connectivity index (χ2v) is 6.62. The smallest absolute Gasteiger partial charge is 0.231 e. The largest absolute Gasteiger partial charge is 0.497 e. The highest BCUT2D eigenvalue weighted by atomic mass is 127. The number of fused-ring (bicyclic) bond motifs is 2. The van der Waals surface area contributed by atoms with Crippen molar-refractivity contribution in [3.05, 3.63) is 39.5 Å². The Kier molecular flexibility index (Phi) is 4.05. The molecule has 2 aromatic rings. The third kappa shape index (κ3) is 2.71. The van der Waals surface area contributed by atoms with E-state index in [4.69, 9.17) is 23.7 Å². The maximum atomic E-state index is 10.4. The highest BCUT2D eigenvalue weighted by Gasteiger charge is 2.34. The standard InChI is InChI=1S/C17H15IO6/c1-20-9-2-3-11(18)14(4-9)24-17-10-5-15-16(23-8-22-15)6-13(10)21-7-12(17)19/h2-6,12,17,19H,7-8H2,1H3/t12-,17+/m1/s1. The summed E-state index contributed by atoms with van der Waals surface area (Å²) < 4.78 is 28.7. The van der Waals surface area contributed by atoms with Crippen LogP contribution in [0.3, 0.4) is 0 Å². The Morgan fingerprint density at radius 1 is 1.08 bits per heavy atom. The van der Waals surface area contributed by atoms with Gasteiger partial charge in [-0.15, -0.1) is 0 Å². The zero-order chi connectivity index (χ0) is 16.7. The second kappa shape index (κ2) is 6.21. The van der Waals surface area contributed by atoms with Crippen molar-refractivity contribution in [1.29, 1.82) is 0 Å². The molecule has 24 heavy (non-hydrogen) atoms. The average molecular weight is 442 g/mol. The van der Waals surface area contributed by atoms with Crippen LogP contribution in [0.1, 0.15) is 11.7 Å². The molecule has 2 aromatic carbocycles. The van der Waals surface area contributed by atoms with Crippen molar-refractivity contribution in [2.75, 3.05) is 20.5 Å². The van der Waals surface area contributed by atoms with Gasteiger partial charge in [0, 0.05) is 17.7 Å². The molecule has 0 fully saturated rings. The average Bonchev–Trinajstić information content (AvgIpc) is 3.05. The molecule has 0 radical (unpaired) electrons. The number of ether oxygens (including phenoxy) is 5. The molecule has 0 aromatic heterocycles. The van der Waals surface area contributed by atoms with E-state index >= 15 is 0 Å².